The van der Waals surface area contributed by atoms with Crippen LogP contribution < -0.4 is 5.73 Å². The number of nitrogens with zero attached hydrogens (tertiary/aromatic N) is 3. The molecule has 7 heteroatoms. The molecule has 0 amide bonds. The molecule has 0 bridgehead atoms. The summed E-state index contributed by atoms with van der Waals surface area (Å²) in [7, 11) is 0. The Morgan fingerprint density at radius 2 is 2.17 bits per heavy atom. The average Bonchev–Trinajstić information content (AvgIpc) is 3.24. The van der Waals surface area contributed by atoms with Crippen LogP contribution in [0.1, 0.15) is 43.6 Å². The summed E-state index contributed by atoms with van der Waals surface area (Å²) in [6, 6.07) is 6.42. The van der Waals surface area contributed by atoms with Crippen molar-refractivity contribution >= 4 is 11.8 Å². The summed E-state index contributed by atoms with van der Waals surface area (Å²) < 4.78 is 20.9. The van der Waals surface area contributed by atoms with E-state index in [1.165, 1.54) is 12.1 Å². The van der Waals surface area contributed by atoms with Gasteiger partial charge in [-0.05, 0) is 37.0 Å². The quantitative estimate of drug-likeness (QED) is 0.776. The third kappa shape index (κ3) is 4.15. The predicted octanol–water partition coefficient (Wildman–Crippen LogP) is 3.30. The molecule has 0 spiro atoms. The lowest BCUT2D eigenvalue weighted by Crippen LogP contribution is -2.22. The Labute approximate surface area is 145 Å². The molecule has 1 aliphatic rings. The summed E-state index contributed by atoms with van der Waals surface area (Å²) in [5, 5.41) is 9.47. The molecule has 1 saturated heterocycles. The minimum absolute atomic E-state index is 0.126. The van der Waals surface area contributed by atoms with Gasteiger partial charge in [0, 0.05) is 12.4 Å². The molecule has 1 fully saturated rings. The molecule has 2 aromatic rings. The van der Waals surface area contributed by atoms with Crippen molar-refractivity contribution < 1.29 is 9.13 Å². The number of nitrogens with two attached hydrogens (primary N) is 1. The van der Waals surface area contributed by atoms with Crippen molar-refractivity contribution in [2.45, 2.75) is 55.8 Å². The van der Waals surface area contributed by atoms with Crippen LogP contribution in [0, 0.1) is 5.82 Å². The molecular formula is C17H23FN4OS. The van der Waals surface area contributed by atoms with Gasteiger partial charge in [0.05, 0.1) is 18.7 Å². The molecule has 0 aliphatic carbocycles. The maximum Gasteiger partial charge on any atom is 0.191 e. The highest BCUT2D eigenvalue weighted by Crippen LogP contribution is 2.26. The van der Waals surface area contributed by atoms with E-state index in [1.807, 2.05) is 6.92 Å². The molecule has 2 atom stereocenters. The van der Waals surface area contributed by atoms with Crippen LogP contribution in [0.2, 0.25) is 0 Å². The third-order valence-electron chi connectivity index (χ3n) is 4.21. The number of rotatable bonds is 7. The summed E-state index contributed by atoms with van der Waals surface area (Å²) in [4.78, 5) is 0. The molecule has 2 unspecified atom stereocenters. The molecule has 2 N–H and O–H groups in total. The van der Waals surface area contributed by atoms with Gasteiger partial charge in [0.25, 0.3) is 0 Å². The van der Waals surface area contributed by atoms with Crippen LogP contribution in [0.25, 0.3) is 0 Å². The van der Waals surface area contributed by atoms with E-state index in [0.717, 1.165) is 49.0 Å². The van der Waals surface area contributed by atoms with Gasteiger partial charge in [-0.15, -0.1) is 10.2 Å². The van der Waals surface area contributed by atoms with Crippen LogP contribution in [-0.2, 0) is 17.0 Å². The van der Waals surface area contributed by atoms with Crippen LogP contribution in [0.3, 0.4) is 0 Å². The summed E-state index contributed by atoms with van der Waals surface area (Å²) in [6.07, 6.45) is 3.17. The minimum Gasteiger partial charge on any atom is -0.376 e. The largest absolute Gasteiger partial charge is 0.376 e. The smallest absolute Gasteiger partial charge is 0.191 e. The molecule has 5 nitrogen and oxygen atoms in total. The minimum atomic E-state index is -0.221. The highest BCUT2D eigenvalue weighted by Gasteiger charge is 2.23. The Hall–Kier alpha value is -1.44. The molecule has 0 radical (unpaired) electrons. The number of thioether (sulfide) groups is 1. The van der Waals surface area contributed by atoms with Gasteiger partial charge in [-0.2, -0.15) is 0 Å². The SMILES string of the molecule is CCC(N)c1nnc(SCc2ccc(F)cc2)n1CC1CCCO1. The summed E-state index contributed by atoms with van der Waals surface area (Å²) in [6.45, 7) is 3.60. The molecule has 2 heterocycles. The summed E-state index contributed by atoms with van der Waals surface area (Å²) in [5.74, 6) is 1.31. The number of aromatic nitrogens is 3. The first kappa shape index (κ1) is 17.4. The topological polar surface area (TPSA) is 66.0 Å². The Morgan fingerprint density at radius 1 is 1.38 bits per heavy atom. The van der Waals surface area contributed by atoms with Crippen molar-refractivity contribution in [1.29, 1.82) is 0 Å². The summed E-state index contributed by atoms with van der Waals surface area (Å²) >= 11 is 1.59. The normalized spacial score (nSPS) is 18.9. The predicted molar refractivity (Wildman–Crippen MR) is 92.2 cm³/mol. The van der Waals surface area contributed by atoms with Gasteiger partial charge in [0.2, 0.25) is 0 Å². The van der Waals surface area contributed by atoms with E-state index < -0.39 is 0 Å². The zero-order chi connectivity index (χ0) is 16.9. The van der Waals surface area contributed by atoms with Crippen LogP contribution >= 0.6 is 11.8 Å². The zero-order valence-corrected chi connectivity index (χ0v) is 14.6. The first-order valence-corrected chi connectivity index (χ1v) is 9.33. The molecule has 130 valence electrons. The lowest BCUT2D eigenvalue weighted by atomic mass is 10.2. The van der Waals surface area contributed by atoms with Crippen LogP contribution in [0.15, 0.2) is 29.4 Å². The molecular weight excluding hydrogens is 327 g/mol. The molecule has 1 aliphatic heterocycles. The number of halogens is 1. The highest BCUT2D eigenvalue weighted by atomic mass is 32.2. The second-order valence-corrected chi connectivity index (χ2v) is 6.96. The molecule has 3 rings (SSSR count). The highest BCUT2D eigenvalue weighted by molar-refractivity contribution is 7.98. The van der Waals surface area contributed by atoms with Crippen LogP contribution in [0.4, 0.5) is 4.39 Å². The fraction of sp³-hybridized carbons (Fsp3) is 0.529. The van der Waals surface area contributed by atoms with Crippen molar-refractivity contribution in [3.63, 3.8) is 0 Å². The van der Waals surface area contributed by atoms with E-state index in [1.54, 1.807) is 23.9 Å². The van der Waals surface area contributed by atoms with E-state index in [9.17, 15) is 4.39 Å². The maximum absolute atomic E-state index is 13.0. The second kappa shape index (κ2) is 8.09. The van der Waals surface area contributed by atoms with Crippen molar-refractivity contribution in [3.8, 4) is 0 Å². The van der Waals surface area contributed by atoms with E-state index in [2.05, 4.69) is 14.8 Å². The van der Waals surface area contributed by atoms with Crippen molar-refractivity contribution in [3.05, 3.63) is 41.5 Å². The monoisotopic (exact) mass is 350 g/mol. The maximum atomic E-state index is 13.0. The van der Waals surface area contributed by atoms with Crippen molar-refractivity contribution in [2.75, 3.05) is 6.61 Å². The van der Waals surface area contributed by atoms with E-state index in [0.29, 0.717) is 5.75 Å². The van der Waals surface area contributed by atoms with Gasteiger partial charge in [-0.25, -0.2) is 4.39 Å². The zero-order valence-electron chi connectivity index (χ0n) is 13.8. The molecule has 1 aromatic carbocycles. The first-order valence-electron chi connectivity index (χ1n) is 8.35. The standard InChI is InChI=1S/C17H23FN4OS/c1-2-15(19)16-20-21-17(22(16)10-14-4-3-9-23-14)24-11-12-5-7-13(18)8-6-12/h5-8,14-15H,2-4,9-11,19H2,1H3. The Kier molecular flexibility index (Phi) is 5.86. The van der Waals surface area contributed by atoms with Gasteiger partial charge < -0.3 is 15.0 Å². The van der Waals surface area contributed by atoms with Crippen LogP contribution in [0.5, 0.6) is 0 Å². The molecule has 24 heavy (non-hydrogen) atoms. The van der Waals surface area contributed by atoms with Crippen LogP contribution in [-0.4, -0.2) is 27.5 Å². The lowest BCUT2D eigenvalue weighted by molar-refractivity contribution is 0.0938. The number of hydrogen-bond acceptors (Lipinski definition) is 5. The van der Waals surface area contributed by atoms with Crippen molar-refractivity contribution in [2.24, 2.45) is 5.73 Å². The van der Waals surface area contributed by atoms with Gasteiger partial charge in [0.1, 0.15) is 5.82 Å². The third-order valence-corrected chi connectivity index (χ3v) is 5.25. The van der Waals surface area contributed by atoms with Gasteiger partial charge >= 0.3 is 0 Å². The van der Waals surface area contributed by atoms with E-state index >= 15 is 0 Å². The van der Waals surface area contributed by atoms with E-state index in [4.69, 9.17) is 10.5 Å². The Balaban J connectivity index is 1.75. The molecule has 0 saturated carbocycles. The Bertz CT molecular complexity index is 655. The number of ether oxygens (including phenoxy) is 1. The van der Waals surface area contributed by atoms with E-state index in [-0.39, 0.29) is 18.0 Å². The fourth-order valence-electron chi connectivity index (χ4n) is 2.76. The summed E-state index contributed by atoms with van der Waals surface area (Å²) in [5.41, 5.74) is 7.24. The Morgan fingerprint density at radius 3 is 2.83 bits per heavy atom. The lowest BCUT2D eigenvalue weighted by Gasteiger charge is -2.17. The first-order chi connectivity index (χ1) is 11.7. The number of benzene rings is 1. The average molecular weight is 350 g/mol. The molecule has 1 aromatic heterocycles. The number of hydrogen-bond donors (Lipinski definition) is 1. The second-order valence-electron chi connectivity index (χ2n) is 6.02. The fourth-order valence-corrected chi connectivity index (χ4v) is 3.67. The van der Waals surface area contributed by atoms with Gasteiger partial charge in [-0.1, -0.05) is 30.8 Å². The van der Waals surface area contributed by atoms with Gasteiger partial charge in [-0.3, -0.25) is 0 Å². The van der Waals surface area contributed by atoms with Crippen molar-refractivity contribution in [1.82, 2.24) is 14.8 Å². The van der Waals surface area contributed by atoms with Gasteiger partial charge in [0.15, 0.2) is 11.0 Å².